The molecule has 74 valence electrons. The first kappa shape index (κ1) is 8.89. The Morgan fingerprint density at radius 3 is 3.07 bits per heavy atom. The highest BCUT2D eigenvalue weighted by Crippen LogP contribution is 2.12. The lowest BCUT2D eigenvalue weighted by Gasteiger charge is -1.87. The van der Waals surface area contributed by atoms with E-state index in [2.05, 4.69) is 20.3 Å². The van der Waals surface area contributed by atoms with E-state index in [1.807, 2.05) is 13.2 Å². The highest BCUT2D eigenvalue weighted by atomic mass is 15.3. The highest BCUT2D eigenvalue weighted by molar-refractivity contribution is 5.51. The average molecular weight is 192 g/mol. The van der Waals surface area contributed by atoms with Gasteiger partial charge in [-0.05, 0) is 6.54 Å². The maximum Gasteiger partial charge on any atom is 0.184 e. The second kappa shape index (κ2) is 3.59. The molecule has 0 bridgehead atoms. The van der Waals surface area contributed by atoms with Crippen molar-refractivity contribution in [3.63, 3.8) is 0 Å². The summed E-state index contributed by atoms with van der Waals surface area (Å²) in [5.41, 5.74) is 6.32. The van der Waals surface area contributed by atoms with Crippen LogP contribution >= 0.6 is 0 Å². The number of hydrogen-bond acceptors (Lipinski definition) is 4. The molecule has 0 radical (unpaired) electrons. The number of nitrogens with two attached hydrogens (primary N) is 1. The van der Waals surface area contributed by atoms with Crippen molar-refractivity contribution < 1.29 is 0 Å². The lowest BCUT2D eigenvalue weighted by molar-refractivity contribution is 0.768. The number of nitrogens with one attached hydrogen (secondary N) is 1. The van der Waals surface area contributed by atoms with Crippen LogP contribution in [-0.4, -0.2) is 31.5 Å². The molecule has 0 fully saturated rings. The first-order chi connectivity index (χ1) is 6.79. The minimum absolute atomic E-state index is 0.571. The Labute approximate surface area is 81.1 Å². The molecule has 0 aliphatic heterocycles. The molecule has 0 aromatic carbocycles. The molecule has 0 spiro atoms. The summed E-state index contributed by atoms with van der Waals surface area (Å²) >= 11 is 0. The van der Waals surface area contributed by atoms with E-state index in [-0.39, 0.29) is 0 Å². The molecule has 0 saturated heterocycles. The number of hydrogen-bond donors (Lipinski definition) is 2. The van der Waals surface area contributed by atoms with Crippen molar-refractivity contribution in [1.82, 2.24) is 25.0 Å². The second-order valence-corrected chi connectivity index (χ2v) is 3.05. The third kappa shape index (κ3) is 1.64. The smallest absolute Gasteiger partial charge is 0.184 e. The van der Waals surface area contributed by atoms with E-state index in [0.29, 0.717) is 18.8 Å². The van der Waals surface area contributed by atoms with Crippen molar-refractivity contribution in [2.45, 2.75) is 6.42 Å². The fourth-order valence-corrected chi connectivity index (χ4v) is 1.21. The Morgan fingerprint density at radius 1 is 1.57 bits per heavy atom. The molecule has 0 aliphatic rings. The lowest BCUT2D eigenvalue weighted by Crippen LogP contribution is -2.03. The molecule has 2 aromatic rings. The van der Waals surface area contributed by atoms with Gasteiger partial charge in [-0.3, -0.25) is 9.78 Å². The number of aromatic nitrogens is 5. The minimum Gasteiger partial charge on any atom is -0.330 e. The van der Waals surface area contributed by atoms with Crippen molar-refractivity contribution in [3.05, 3.63) is 18.2 Å². The van der Waals surface area contributed by atoms with Crippen molar-refractivity contribution in [2.75, 3.05) is 6.54 Å². The first-order valence-corrected chi connectivity index (χ1v) is 4.40. The molecule has 0 amide bonds. The quantitative estimate of drug-likeness (QED) is 0.699. The monoisotopic (exact) mass is 192 g/mol. The third-order valence-corrected chi connectivity index (χ3v) is 1.88. The van der Waals surface area contributed by atoms with Crippen molar-refractivity contribution in [2.24, 2.45) is 12.8 Å². The Morgan fingerprint density at radius 2 is 2.43 bits per heavy atom. The number of aryl methyl sites for hydroxylation is 1. The summed E-state index contributed by atoms with van der Waals surface area (Å²) in [6.45, 7) is 0.571. The molecular weight excluding hydrogens is 180 g/mol. The summed E-state index contributed by atoms with van der Waals surface area (Å²) in [4.78, 5) is 4.28. The maximum absolute atomic E-state index is 5.41. The van der Waals surface area contributed by atoms with Crippen molar-refractivity contribution >= 4 is 0 Å². The van der Waals surface area contributed by atoms with Crippen LogP contribution in [0.4, 0.5) is 0 Å². The predicted molar refractivity (Wildman–Crippen MR) is 51.3 cm³/mol. The fourth-order valence-electron chi connectivity index (χ4n) is 1.21. The Hall–Kier alpha value is -1.69. The van der Waals surface area contributed by atoms with Gasteiger partial charge in [0.2, 0.25) is 0 Å². The van der Waals surface area contributed by atoms with E-state index in [1.165, 1.54) is 0 Å². The van der Waals surface area contributed by atoms with Gasteiger partial charge in [0.05, 0.1) is 11.8 Å². The molecule has 2 rings (SSSR count). The molecule has 14 heavy (non-hydrogen) atoms. The molecule has 0 aliphatic carbocycles. The van der Waals surface area contributed by atoms with E-state index >= 15 is 0 Å². The topological polar surface area (TPSA) is 85.4 Å². The Kier molecular flexibility index (Phi) is 2.28. The van der Waals surface area contributed by atoms with Crippen molar-refractivity contribution in [1.29, 1.82) is 0 Å². The average Bonchev–Trinajstić information content (AvgIpc) is 2.74. The number of aromatic amines is 1. The summed E-state index contributed by atoms with van der Waals surface area (Å²) in [6.07, 6.45) is 4.32. The van der Waals surface area contributed by atoms with Gasteiger partial charge in [-0.1, -0.05) is 0 Å². The van der Waals surface area contributed by atoms with Crippen LogP contribution in [0.15, 0.2) is 12.4 Å². The predicted octanol–water partition coefficient (Wildman–Crippen LogP) is -0.294. The van der Waals surface area contributed by atoms with Crippen LogP contribution in [0.1, 0.15) is 5.82 Å². The van der Waals surface area contributed by atoms with Crippen LogP contribution in [0.2, 0.25) is 0 Å². The van der Waals surface area contributed by atoms with Crippen LogP contribution in [0.3, 0.4) is 0 Å². The van der Waals surface area contributed by atoms with Crippen LogP contribution in [0, 0.1) is 0 Å². The largest absolute Gasteiger partial charge is 0.330 e. The van der Waals surface area contributed by atoms with Crippen LogP contribution in [0.5, 0.6) is 0 Å². The first-order valence-electron chi connectivity index (χ1n) is 4.40. The molecule has 6 heteroatoms. The van der Waals surface area contributed by atoms with Crippen molar-refractivity contribution in [3.8, 4) is 11.4 Å². The van der Waals surface area contributed by atoms with E-state index in [9.17, 15) is 0 Å². The van der Waals surface area contributed by atoms with Gasteiger partial charge in [0, 0.05) is 19.7 Å². The number of nitrogens with zero attached hydrogens (tertiary/aromatic N) is 4. The van der Waals surface area contributed by atoms with Gasteiger partial charge in [0.15, 0.2) is 5.82 Å². The van der Waals surface area contributed by atoms with E-state index < -0.39 is 0 Å². The Balaban J connectivity index is 2.24. The zero-order chi connectivity index (χ0) is 9.97. The minimum atomic E-state index is 0.571. The van der Waals surface area contributed by atoms with Gasteiger partial charge < -0.3 is 5.73 Å². The van der Waals surface area contributed by atoms with Gasteiger partial charge in [-0.15, -0.1) is 0 Å². The van der Waals surface area contributed by atoms with Gasteiger partial charge in [-0.2, -0.15) is 10.2 Å². The zero-order valence-corrected chi connectivity index (χ0v) is 7.94. The Bertz CT molecular complexity index is 415. The summed E-state index contributed by atoms with van der Waals surface area (Å²) in [6, 6.07) is 0. The van der Waals surface area contributed by atoms with Crippen LogP contribution < -0.4 is 5.73 Å². The molecule has 2 aromatic heterocycles. The van der Waals surface area contributed by atoms with Gasteiger partial charge in [0.1, 0.15) is 5.82 Å². The summed E-state index contributed by atoms with van der Waals surface area (Å²) < 4.78 is 1.72. The lowest BCUT2D eigenvalue weighted by atomic mass is 10.3. The normalized spacial score (nSPS) is 10.7. The molecule has 0 unspecified atom stereocenters. The molecular formula is C8H12N6. The molecule has 0 saturated carbocycles. The van der Waals surface area contributed by atoms with E-state index in [4.69, 9.17) is 5.73 Å². The standard InChI is InChI=1S/C8H12N6/c1-14-5-6(4-10-14)8-11-7(2-3-9)12-13-8/h4-5H,2-3,9H2,1H3,(H,11,12,13). The molecule has 0 atom stereocenters. The third-order valence-electron chi connectivity index (χ3n) is 1.88. The van der Waals surface area contributed by atoms with Gasteiger partial charge >= 0.3 is 0 Å². The molecule has 6 nitrogen and oxygen atoms in total. The molecule has 2 heterocycles. The van der Waals surface area contributed by atoms with Gasteiger partial charge in [0.25, 0.3) is 0 Å². The van der Waals surface area contributed by atoms with E-state index in [0.717, 1.165) is 11.4 Å². The zero-order valence-electron chi connectivity index (χ0n) is 7.94. The summed E-state index contributed by atoms with van der Waals surface area (Å²) in [5, 5.41) is 11.0. The fraction of sp³-hybridized carbons (Fsp3) is 0.375. The van der Waals surface area contributed by atoms with Crippen LogP contribution in [-0.2, 0) is 13.5 Å². The van der Waals surface area contributed by atoms with E-state index in [1.54, 1.807) is 10.9 Å². The number of H-pyrrole nitrogens is 1. The number of rotatable bonds is 3. The second-order valence-electron chi connectivity index (χ2n) is 3.05. The van der Waals surface area contributed by atoms with Gasteiger partial charge in [-0.25, -0.2) is 4.98 Å². The van der Waals surface area contributed by atoms with Crippen LogP contribution in [0.25, 0.3) is 11.4 Å². The maximum atomic E-state index is 5.41. The SMILES string of the molecule is Cn1cc(-c2n[nH]c(CCN)n2)cn1. The summed E-state index contributed by atoms with van der Waals surface area (Å²) in [5.74, 6) is 1.48. The molecule has 3 N–H and O–H groups in total. The highest BCUT2D eigenvalue weighted by Gasteiger charge is 2.06. The summed E-state index contributed by atoms with van der Waals surface area (Å²) in [7, 11) is 1.86.